The largest absolute Gasteiger partial charge is 0.278 e. The predicted octanol–water partition coefficient (Wildman–Crippen LogP) is 4.44. The van der Waals surface area contributed by atoms with Crippen molar-refractivity contribution in [2.75, 3.05) is 13.1 Å². The maximum atomic E-state index is 4.46. The molecule has 3 rings (SSSR count). The average molecular weight is 257 g/mol. The van der Waals surface area contributed by atoms with Crippen LogP contribution in [0.25, 0.3) is 0 Å². The Bertz CT molecular complexity index is 480. The molecule has 0 unspecified atom stereocenters. The highest BCUT2D eigenvalue weighted by atomic mass is 15.5. The smallest absolute Gasteiger partial charge is 0.0874 e. The molecule has 2 fully saturated rings. The van der Waals surface area contributed by atoms with E-state index in [2.05, 4.69) is 36.1 Å². The highest BCUT2D eigenvalue weighted by molar-refractivity contribution is 5.34. The highest BCUT2D eigenvalue weighted by Crippen LogP contribution is 2.59. The van der Waals surface area contributed by atoms with E-state index in [1.54, 1.807) is 0 Å². The number of rotatable bonds is 2. The molecule has 1 heterocycles. The zero-order valence-corrected chi connectivity index (χ0v) is 12.1. The summed E-state index contributed by atoms with van der Waals surface area (Å²) in [4.78, 5) is 0. The summed E-state index contributed by atoms with van der Waals surface area (Å²) in [5.41, 5.74) is 1.75. The molecular weight excluding hydrogens is 234 g/mol. The van der Waals surface area contributed by atoms with Gasteiger partial charge in [-0.1, -0.05) is 44.2 Å². The van der Waals surface area contributed by atoms with Crippen LogP contribution in [0.4, 0.5) is 5.69 Å². The van der Waals surface area contributed by atoms with Crippen LogP contribution in [-0.2, 0) is 0 Å². The van der Waals surface area contributed by atoms with E-state index in [4.69, 9.17) is 0 Å². The first-order valence-corrected chi connectivity index (χ1v) is 7.23. The third-order valence-electron chi connectivity index (χ3n) is 5.63. The average Bonchev–Trinajstić information content (AvgIpc) is 2.56. The van der Waals surface area contributed by atoms with Crippen molar-refractivity contribution in [1.82, 2.24) is 5.01 Å². The molecule has 2 aliphatic rings. The van der Waals surface area contributed by atoms with Gasteiger partial charge >= 0.3 is 0 Å². The molecule has 1 aliphatic carbocycles. The molecule has 1 aromatic rings. The zero-order valence-electron chi connectivity index (χ0n) is 12.1. The van der Waals surface area contributed by atoms with Crippen LogP contribution in [0.15, 0.2) is 40.7 Å². The Kier molecular flexibility index (Phi) is 2.88. The molecule has 19 heavy (non-hydrogen) atoms. The minimum Gasteiger partial charge on any atom is -0.278 e. The van der Waals surface area contributed by atoms with E-state index < -0.39 is 0 Å². The van der Waals surface area contributed by atoms with Gasteiger partial charge in [0.1, 0.15) is 0 Å². The number of hydrogen-bond acceptors (Lipinski definition) is 2. The number of hydrogen-bond donors (Lipinski definition) is 0. The first-order chi connectivity index (χ1) is 9.01. The predicted molar refractivity (Wildman–Crippen MR) is 77.1 cm³/mol. The number of nitrogens with zero attached hydrogens (tertiary/aromatic N) is 3. The summed E-state index contributed by atoms with van der Waals surface area (Å²) < 4.78 is 0. The Morgan fingerprint density at radius 2 is 1.89 bits per heavy atom. The van der Waals surface area contributed by atoms with E-state index in [1.807, 2.05) is 30.3 Å². The van der Waals surface area contributed by atoms with Gasteiger partial charge in [-0.05, 0) is 41.7 Å². The lowest BCUT2D eigenvalue weighted by Crippen LogP contribution is -2.50. The fourth-order valence-electron chi connectivity index (χ4n) is 3.67. The third-order valence-corrected chi connectivity index (χ3v) is 5.63. The Morgan fingerprint density at radius 3 is 2.58 bits per heavy atom. The van der Waals surface area contributed by atoms with Crippen molar-refractivity contribution >= 4 is 5.69 Å². The molecule has 3 heteroatoms. The summed E-state index contributed by atoms with van der Waals surface area (Å²) in [6.45, 7) is 9.36. The molecule has 0 radical (unpaired) electrons. The van der Waals surface area contributed by atoms with Gasteiger partial charge < -0.3 is 0 Å². The Morgan fingerprint density at radius 1 is 1.16 bits per heavy atom. The Hall–Kier alpha value is -1.38. The summed E-state index contributed by atoms with van der Waals surface area (Å²) in [6, 6.07) is 9.99. The molecule has 1 saturated carbocycles. The molecule has 1 saturated heterocycles. The quantitative estimate of drug-likeness (QED) is 0.720. The van der Waals surface area contributed by atoms with Gasteiger partial charge in [0.2, 0.25) is 0 Å². The normalized spacial score (nSPS) is 33.0. The molecule has 3 nitrogen and oxygen atoms in total. The maximum Gasteiger partial charge on any atom is 0.0874 e. The molecule has 1 aliphatic heterocycles. The van der Waals surface area contributed by atoms with E-state index in [1.165, 1.54) is 12.8 Å². The number of fused-ring (bicyclic) bond motifs is 2. The summed E-state index contributed by atoms with van der Waals surface area (Å²) in [6.07, 6.45) is 2.66. The van der Waals surface area contributed by atoms with Gasteiger partial charge in [-0.15, -0.1) is 5.11 Å². The second-order valence-electron chi connectivity index (χ2n) is 6.89. The van der Waals surface area contributed by atoms with E-state index in [0.29, 0.717) is 10.8 Å². The Labute approximate surface area is 115 Å². The minimum absolute atomic E-state index is 0.381. The summed E-state index contributed by atoms with van der Waals surface area (Å²) in [5.74, 6) is 0.751. The van der Waals surface area contributed by atoms with E-state index in [9.17, 15) is 0 Å². The number of benzene rings is 1. The molecule has 2 atom stereocenters. The van der Waals surface area contributed by atoms with Crippen molar-refractivity contribution in [3.05, 3.63) is 30.3 Å². The van der Waals surface area contributed by atoms with E-state index in [-0.39, 0.29) is 0 Å². The van der Waals surface area contributed by atoms with Gasteiger partial charge in [0.15, 0.2) is 0 Å². The van der Waals surface area contributed by atoms with Crippen molar-refractivity contribution in [2.45, 2.75) is 33.6 Å². The lowest BCUT2D eigenvalue weighted by molar-refractivity contribution is -0.0199. The molecule has 0 spiro atoms. The zero-order chi connectivity index (χ0) is 13.5. The van der Waals surface area contributed by atoms with Gasteiger partial charge in [-0.2, -0.15) is 0 Å². The van der Waals surface area contributed by atoms with Gasteiger partial charge in [0, 0.05) is 13.1 Å². The van der Waals surface area contributed by atoms with Crippen LogP contribution >= 0.6 is 0 Å². The van der Waals surface area contributed by atoms with Crippen LogP contribution in [0, 0.1) is 16.7 Å². The molecule has 2 bridgehead atoms. The van der Waals surface area contributed by atoms with E-state index >= 15 is 0 Å². The van der Waals surface area contributed by atoms with Gasteiger partial charge in [0.05, 0.1) is 5.69 Å². The summed E-state index contributed by atoms with van der Waals surface area (Å²) >= 11 is 0. The molecule has 0 aromatic heterocycles. The molecule has 1 aromatic carbocycles. The van der Waals surface area contributed by atoms with Crippen molar-refractivity contribution in [2.24, 2.45) is 27.1 Å². The number of piperidine rings is 1. The first kappa shape index (κ1) is 12.6. The highest BCUT2D eigenvalue weighted by Gasteiger charge is 2.55. The SMILES string of the molecule is CC1(C)[C@@H]2CC[C@@]1(C)CN(N=Nc1ccccc1)C2. The van der Waals surface area contributed by atoms with Crippen LogP contribution in [0.1, 0.15) is 33.6 Å². The molecule has 0 amide bonds. The standard InChI is InChI=1S/C16H23N3/c1-15(2)13-9-10-16(15,3)12-19(11-13)18-17-14-7-5-4-6-8-14/h4-8,13H,9-12H2,1-3H3/t13-,16+/m1/s1. The van der Waals surface area contributed by atoms with Crippen LogP contribution in [0.5, 0.6) is 0 Å². The lowest BCUT2D eigenvalue weighted by Gasteiger charge is -2.49. The van der Waals surface area contributed by atoms with Crippen molar-refractivity contribution < 1.29 is 0 Å². The van der Waals surface area contributed by atoms with Crippen LogP contribution in [-0.4, -0.2) is 18.1 Å². The van der Waals surface area contributed by atoms with Crippen molar-refractivity contribution in [3.8, 4) is 0 Å². The topological polar surface area (TPSA) is 28.0 Å². The fraction of sp³-hybridized carbons (Fsp3) is 0.625. The van der Waals surface area contributed by atoms with Crippen molar-refractivity contribution in [3.63, 3.8) is 0 Å². The molecular formula is C16H23N3. The second-order valence-corrected chi connectivity index (χ2v) is 6.89. The van der Waals surface area contributed by atoms with Crippen LogP contribution in [0.3, 0.4) is 0 Å². The molecule has 0 N–H and O–H groups in total. The first-order valence-electron chi connectivity index (χ1n) is 7.23. The van der Waals surface area contributed by atoms with Gasteiger partial charge in [-0.25, -0.2) is 0 Å². The second kappa shape index (κ2) is 4.32. The van der Waals surface area contributed by atoms with Crippen LogP contribution < -0.4 is 0 Å². The fourth-order valence-corrected chi connectivity index (χ4v) is 3.67. The van der Waals surface area contributed by atoms with E-state index in [0.717, 1.165) is 24.7 Å². The van der Waals surface area contributed by atoms with Gasteiger partial charge in [-0.3, -0.25) is 5.01 Å². The van der Waals surface area contributed by atoms with Gasteiger partial charge in [0.25, 0.3) is 0 Å². The lowest BCUT2D eigenvalue weighted by atomic mass is 9.63. The van der Waals surface area contributed by atoms with Crippen LogP contribution in [0.2, 0.25) is 0 Å². The Balaban J connectivity index is 1.74. The third kappa shape index (κ3) is 2.05. The van der Waals surface area contributed by atoms with Crippen molar-refractivity contribution in [1.29, 1.82) is 0 Å². The minimum atomic E-state index is 0.381. The monoisotopic (exact) mass is 257 g/mol. The maximum absolute atomic E-state index is 4.46. The summed E-state index contributed by atoms with van der Waals surface area (Å²) in [5, 5.41) is 11.0. The summed E-state index contributed by atoms with van der Waals surface area (Å²) in [7, 11) is 0. The molecule has 102 valence electrons.